The number of hydrogen-bond acceptors (Lipinski definition) is 4. The van der Waals surface area contributed by atoms with Crippen LogP contribution in [0.5, 0.6) is 0 Å². The number of rotatable bonds is 2. The van der Waals surface area contributed by atoms with Crippen molar-refractivity contribution >= 4 is 46.0 Å². The van der Waals surface area contributed by atoms with Crippen molar-refractivity contribution in [1.82, 2.24) is 0 Å². The maximum absolute atomic E-state index is 3.72. The lowest BCUT2D eigenvalue weighted by molar-refractivity contribution is 1.13. The molecule has 0 aliphatic carbocycles. The van der Waals surface area contributed by atoms with Crippen molar-refractivity contribution in [2.75, 3.05) is 10.0 Å². The monoisotopic (exact) mass is 408 g/mol. The summed E-state index contributed by atoms with van der Waals surface area (Å²) < 4.78 is 3.37. The summed E-state index contributed by atoms with van der Waals surface area (Å²) in [6.07, 6.45) is 0. The van der Waals surface area contributed by atoms with Crippen LogP contribution >= 0.6 is 34.6 Å². The van der Waals surface area contributed by atoms with Crippen molar-refractivity contribution in [3.8, 4) is 0 Å². The van der Waals surface area contributed by atoms with Crippen LogP contribution in [0.25, 0.3) is 0 Å². The second kappa shape index (κ2) is 6.43. The molecule has 6 rings (SSSR count). The van der Waals surface area contributed by atoms with Gasteiger partial charge in [-0.1, -0.05) is 42.1 Å². The maximum atomic E-state index is 3.72. The van der Waals surface area contributed by atoms with Crippen molar-refractivity contribution in [3.05, 3.63) is 82.9 Å². The van der Waals surface area contributed by atoms with Gasteiger partial charge in [0.25, 0.3) is 0 Å². The van der Waals surface area contributed by atoms with E-state index < -0.39 is 0 Å². The predicted octanol–water partition coefficient (Wildman–Crippen LogP) is 6.55. The molecule has 3 heterocycles. The SMILES string of the molecule is c1ccc2c(c1)C[SH](c1ccc3c(c1)SC(c1ccc4c(c1)CSN4)N3)C2. The fourth-order valence-corrected chi connectivity index (χ4v) is 8.67. The quantitative estimate of drug-likeness (QED) is 0.331. The number of hydrogen-bond donors (Lipinski definition) is 3. The first kappa shape index (κ1) is 16.3. The number of anilines is 2. The molecule has 0 saturated carbocycles. The van der Waals surface area contributed by atoms with E-state index in [9.17, 15) is 0 Å². The first-order valence-electron chi connectivity index (χ1n) is 9.23. The van der Waals surface area contributed by atoms with Crippen molar-refractivity contribution in [3.63, 3.8) is 0 Å². The van der Waals surface area contributed by atoms with Crippen molar-refractivity contribution < 1.29 is 0 Å². The van der Waals surface area contributed by atoms with Crippen LogP contribution in [0.3, 0.4) is 0 Å². The third kappa shape index (κ3) is 2.84. The normalized spacial score (nSPS) is 20.6. The Bertz CT molecular complexity index is 1020. The van der Waals surface area contributed by atoms with E-state index >= 15 is 0 Å². The zero-order valence-corrected chi connectivity index (χ0v) is 17.3. The maximum Gasteiger partial charge on any atom is 0.103 e. The van der Waals surface area contributed by atoms with Crippen LogP contribution in [-0.2, 0) is 17.3 Å². The highest BCUT2D eigenvalue weighted by molar-refractivity contribution is 8.16. The standard InChI is InChI=1S/C22H20N2S3/c1-2-4-16-13-27(12-15(16)3-1)18-6-8-20-21(10-18)26-22(23-20)14-5-7-19-17(9-14)11-25-24-19/h1-10,22-24,27H,11-13H2. The molecule has 5 heteroatoms. The fraction of sp³-hybridized carbons (Fsp3) is 0.182. The molecule has 0 aromatic heterocycles. The van der Waals surface area contributed by atoms with E-state index in [0.29, 0.717) is 5.37 Å². The van der Waals surface area contributed by atoms with Crippen LogP contribution in [0, 0.1) is 0 Å². The van der Waals surface area contributed by atoms with Gasteiger partial charge >= 0.3 is 0 Å². The minimum atomic E-state index is -0.0981. The summed E-state index contributed by atoms with van der Waals surface area (Å²) in [5.41, 5.74) is 8.46. The van der Waals surface area contributed by atoms with Gasteiger partial charge in [-0.25, -0.2) is 10.9 Å². The van der Waals surface area contributed by atoms with Gasteiger partial charge in [0.15, 0.2) is 0 Å². The van der Waals surface area contributed by atoms with E-state index in [1.54, 1.807) is 28.0 Å². The third-order valence-corrected chi connectivity index (χ3v) is 10.0. The molecule has 0 bridgehead atoms. The van der Waals surface area contributed by atoms with Crippen LogP contribution in [0.1, 0.15) is 27.6 Å². The van der Waals surface area contributed by atoms with Crippen LogP contribution in [0.2, 0.25) is 0 Å². The first-order chi connectivity index (χ1) is 13.3. The Morgan fingerprint density at radius 1 is 0.852 bits per heavy atom. The van der Waals surface area contributed by atoms with E-state index in [4.69, 9.17) is 0 Å². The summed E-state index contributed by atoms with van der Waals surface area (Å²) in [7, 11) is -0.0981. The molecule has 2 nitrogen and oxygen atoms in total. The first-order valence-corrected chi connectivity index (χ1v) is 12.8. The lowest BCUT2D eigenvalue weighted by Gasteiger charge is -2.15. The number of thioether (sulfide) groups is 1. The Balaban J connectivity index is 1.25. The van der Waals surface area contributed by atoms with Crippen LogP contribution in [0.15, 0.2) is 70.5 Å². The number of fused-ring (bicyclic) bond motifs is 3. The van der Waals surface area contributed by atoms with Crippen molar-refractivity contribution in [2.45, 2.75) is 32.4 Å². The fourth-order valence-electron chi connectivity index (χ4n) is 4.08. The molecule has 27 heavy (non-hydrogen) atoms. The summed E-state index contributed by atoms with van der Waals surface area (Å²) >= 11 is 3.74. The minimum Gasteiger partial charge on any atom is -0.368 e. The van der Waals surface area contributed by atoms with Crippen molar-refractivity contribution in [2.24, 2.45) is 0 Å². The van der Waals surface area contributed by atoms with Gasteiger partial charge in [0.1, 0.15) is 5.37 Å². The van der Waals surface area contributed by atoms with E-state index in [1.165, 1.54) is 38.9 Å². The average molecular weight is 409 g/mol. The Kier molecular flexibility index (Phi) is 3.88. The second-order valence-corrected chi connectivity index (χ2v) is 11.4. The van der Waals surface area contributed by atoms with Gasteiger partial charge in [-0.2, -0.15) is 0 Å². The van der Waals surface area contributed by atoms with E-state index in [0.717, 1.165) is 5.75 Å². The molecule has 136 valence electrons. The molecule has 1 unspecified atom stereocenters. The molecule has 0 saturated heterocycles. The molecule has 0 radical (unpaired) electrons. The Morgan fingerprint density at radius 3 is 2.52 bits per heavy atom. The highest BCUT2D eigenvalue weighted by Crippen LogP contribution is 2.53. The third-order valence-electron chi connectivity index (χ3n) is 5.54. The Labute approximate surface area is 171 Å². The van der Waals surface area contributed by atoms with Gasteiger partial charge in [0, 0.05) is 33.5 Å². The summed E-state index contributed by atoms with van der Waals surface area (Å²) in [6, 6.07) is 22.9. The van der Waals surface area contributed by atoms with Crippen LogP contribution < -0.4 is 10.0 Å². The Morgan fingerprint density at radius 2 is 1.67 bits per heavy atom. The van der Waals surface area contributed by atoms with Crippen LogP contribution in [-0.4, -0.2) is 0 Å². The highest BCUT2D eigenvalue weighted by atomic mass is 32.2. The molecule has 1 atom stereocenters. The summed E-state index contributed by atoms with van der Waals surface area (Å²) in [5, 5.41) is 4.04. The van der Waals surface area contributed by atoms with E-state index in [-0.39, 0.29) is 10.9 Å². The molecule has 2 N–H and O–H groups in total. The summed E-state index contributed by atoms with van der Waals surface area (Å²) in [4.78, 5) is 2.95. The van der Waals surface area contributed by atoms with E-state index in [2.05, 4.69) is 70.7 Å². The largest absolute Gasteiger partial charge is 0.368 e. The smallest absolute Gasteiger partial charge is 0.103 e. The second-order valence-electron chi connectivity index (χ2n) is 7.25. The number of nitrogens with one attached hydrogen (secondary N) is 2. The topological polar surface area (TPSA) is 24.1 Å². The van der Waals surface area contributed by atoms with Crippen molar-refractivity contribution in [1.29, 1.82) is 0 Å². The molecule has 3 aliphatic rings. The van der Waals surface area contributed by atoms with Gasteiger partial charge in [-0.15, -0.1) is 0 Å². The van der Waals surface area contributed by atoms with Gasteiger partial charge < -0.3 is 10.0 Å². The number of thiol groups is 1. The average Bonchev–Trinajstić information content (AvgIpc) is 3.42. The summed E-state index contributed by atoms with van der Waals surface area (Å²) in [5.74, 6) is 3.53. The van der Waals surface area contributed by atoms with E-state index in [1.807, 2.05) is 11.8 Å². The van der Waals surface area contributed by atoms with Crippen LogP contribution in [0.4, 0.5) is 11.4 Å². The molecule has 0 spiro atoms. The van der Waals surface area contributed by atoms with Gasteiger partial charge in [0.2, 0.25) is 0 Å². The highest BCUT2D eigenvalue weighted by Gasteiger charge is 2.26. The zero-order chi connectivity index (χ0) is 17.8. The molecule has 3 aliphatic heterocycles. The molecule has 3 aromatic rings. The predicted molar refractivity (Wildman–Crippen MR) is 121 cm³/mol. The molecular formula is C22H20N2S3. The minimum absolute atomic E-state index is 0.0981. The molecule has 0 amide bonds. The number of benzene rings is 3. The molecule has 0 fully saturated rings. The Hall–Kier alpha value is -1.69. The zero-order valence-electron chi connectivity index (χ0n) is 14.7. The van der Waals surface area contributed by atoms with Gasteiger partial charge in [-0.05, 0) is 69.4 Å². The van der Waals surface area contributed by atoms with Gasteiger partial charge in [-0.3, -0.25) is 0 Å². The molecular weight excluding hydrogens is 388 g/mol. The molecule has 3 aromatic carbocycles. The summed E-state index contributed by atoms with van der Waals surface area (Å²) in [6.45, 7) is 0. The lowest BCUT2D eigenvalue weighted by Crippen LogP contribution is -2.01. The van der Waals surface area contributed by atoms with Gasteiger partial charge in [0.05, 0.1) is 0 Å². The lowest BCUT2D eigenvalue weighted by atomic mass is 10.1.